The number of hydrogen-bond acceptors (Lipinski definition) is 3. The van der Waals surface area contributed by atoms with E-state index in [1.807, 2.05) is 38.1 Å². The standard InChI is InChI=1S/C14H22N2O2/c1-10(2)18-9-11-6-5-7-12(8-11)16-13(17)14(3,4)15/h5-8,10H,9,15H2,1-4H3,(H,16,17). The Bertz CT molecular complexity index is 409. The fourth-order valence-corrected chi connectivity index (χ4v) is 1.29. The van der Waals surface area contributed by atoms with Crippen molar-refractivity contribution in [2.24, 2.45) is 5.73 Å². The Kier molecular flexibility index (Phi) is 4.87. The SMILES string of the molecule is CC(C)OCc1cccc(NC(=O)C(C)(C)N)c1. The number of anilines is 1. The van der Waals surface area contributed by atoms with Crippen molar-refractivity contribution in [2.75, 3.05) is 5.32 Å². The fourth-order valence-electron chi connectivity index (χ4n) is 1.29. The van der Waals surface area contributed by atoms with Gasteiger partial charge in [0.2, 0.25) is 5.91 Å². The minimum Gasteiger partial charge on any atom is -0.374 e. The topological polar surface area (TPSA) is 64.3 Å². The van der Waals surface area contributed by atoms with Gasteiger partial charge >= 0.3 is 0 Å². The van der Waals surface area contributed by atoms with Gasteiger partial charge in [0.15, 0.2) is 0 Å². The Morgan fingerprint density at radius 3 is 2.67 bits per heavy atom. The van der Waals surface area contributed by atoms with E-state index < -0.39 is 5.54 Å². The molecule has 0 spiro atoms. The first-order chi connectivity index (χ1) is 8.29. The Morgan fingerprint density at radius 2 is 2.11 bits per heavy atom. The summed E-state index contributed by atoms with van der Waals surface area (Å²) in [5.74, 6) is -0.204. The van der Waals surface area contributed by atoms with Gasteiger partial charge < -0.3 is 15.8 Å². The van der Waals surface area contributed by atoms with Crippen LogP contribution in [-0.2, 0) is 16.1 Å². The first kappa shape index (κ1) is 14.7. The average molecular weight is 250 g/mol. The molecule has 0 aliphatic carbocycles. The number of carbonyl (C=O) groups excluding carboxylic acids is 1. The lowest BCUT2D eigenvalue weighted by atomic mass is 10.1. The number of carbonyl (C=O) groups is 1. The lowest BCUT2D eigenvalue weighted by Gasteiger charge is -2.18. The predicted molar refractivity (Wildman–Crippen MR) is 73.3 cm³/mol. The lowest BCUT2D eigenvalue weighted by Crippen LogP contribution is -2.45. The van der Waals surface area contributed by atoms with E-state index >= 15 is 0 Å². The molecule has 3 N–H and O–H groups in total. The third-order valence-electron chi connectivity index (χ3n) is 2.35. The van der Waals surface area contributed by atoms with Crippen LogP contribution in [-0.4, -0.2) is 17.6 Å². The summed E-state index contributed by atoms with van der Waals surface area (Å²) in [6.07, 6.45) is 0.186. The van der Waals surface area contributed by atoms with Crippen LogP contribution in [0.15, 0.2) is 24.3 Å². The number of ether oxygens (including phenoxy) is 1. The van der Waals surface area contributed by atoms with Crippen LogP contribution in [0, 0.1) is 0 Å². The maximum absolute atomic E-state index is 11.7. The highest BCUT2D eigenvalue weighted by Crippen LogP contribution is 2.13. The number of nitrogens with two attached hydrogens (primary N) is 1. The van der Waals surface area contributed by atoms with Gasteiger partial charge in [0.25, 0.3) is 0 Å². The lowest BCUT2D eigenvalue weighted by molar-refractivity contribution is -0.120. The molecule has 4 heteroatoms. The minimum atomic E-state index is -0.884. The molecule has 0 aliphatic heterocycles. The smallest absolute Gasteiger partial charge is 0.243 e. The number of amides is 1. The van der Waals surface area contributed by atoms with E-state index in [0.717, 1.165) is 11.3 Å². The van der Waals surface area contributed by atoms with Crippen molar-refractivity contribution < 1.29 is 9.53 Å². The van der Waals surface area contributed by atoms with Gasteiger partial charge in [-0.25, -0.2) is 0 Å². The molecule has 0 atom stereocenters. The maximum atomic E-state index is 11.7. The number of benzene rings is 1. The molecule has 0 saturated carbocycles. The van der Waals surface area contributed by atoms with Gasteiger partial charge in [-0.1, -0.05) is 12.1 Å². The number of nitrogens with one attached hydrogen (secondary N) is 1. The van der Waals surface area contributed by atoms with E-state index in [9.17, 15) is 4.79 Å². The largest absolute Gasteiger partial charge is 0.374 e. The third-order valence-corrected chi connectivity index (χ3v) is 2.35. The van der Waals surface area contributed by atoms with Gasteiger partial charge in [0.1, 0.15) is 0 Å². The molecule has 1 aromatic carbocycles. The first-order valence-corrected chi connectivity index (χ1v) is 6.10. The molecular formula is C14H22N2O2. The quantitative estimate of drug-likeness (QED) is 0.842. The van der Waals surface area contributed by atoms with Crippen molar-refractivity contribution in [3.63, 3.8) is 0 Å². The molecule has 0 unspecified atom stereocenters. The van der Waals surface area contributed by atoms with Crippen molar-refractivity contribution in [1.29, 1.82) is 0 Å². The molecule has 0 aliphatic rings. The van der Waals surface area contributed by atoms with Gasteiger partial charge in [-0.05, 0) is 45.4 Å². The molecule has 1 rings (SSSR count). The van der Waals surface area contributed by atoms with Crippen LogP contribution in [0.2, 0.25) is 0 Å². The zero-order valence-electron chi connectivity index (χ0n) is 11.5. The van der Waals surface area contributed by atoms with E-state index in [2.05, 4.69) is 5.32 Å². The number of hydrogen-bond donors (Lipinski definition) is 2. The summed E-state index contributed by atoms with van der Waals surface area (Å²) < 4.78 is 5.52. The van der Waals surface area contributed by atoms with E-state index in [-0.39, 0.29) is 12.0 Å². The molecule has 0 fully saturated rings. The summed E-state index contributed by atoms with van der Waals surface area (Å²) in [5.41, 5.74) is 6.61. The van der Waals surface area contributed by atoms with Crippen LogP contribution in [0.3, 0.4) is 0 Å². The van der Waals surface area contributed by atoms with Gasteiger partial charge in [0, 0.05) is 5.69 Å². The Hall–Kier alpha value is -1.39. The Morgan fingerprint density at radius 1 is 1.44 bits per heavy atom. The second-order valence-corrected chi connectivity index (χ2v) is 5.24. The molecule has 4 nitrogen and oxygen atoms in total. The highest BCUT2D eigenvalue weighted by molar-refractivity contribution is 5.97. The van der Waals surface area contributed by atoms with Crippen LogP contribution in [0.25, 0.3) is 0 Å². The highest BCUT2D eigenvalue weighted by atomic mass is 16.5. The van der Waals surface area contributed by atoms with Crippen LogP contribution in [0.1, 0.15) is 33.3 Å². The molecule has 0 heterocycles. The van der Waals surface area contributed by atoms with Gasteiger partial charge in [-0.3, -0.25) is 4.79 Å². The molecule has 0 aromatic heterocycles. The summed E-state index contributed by atoms with van der Waals surface area (Å²) in [6, 6.07) is 7.58. The summed E-state index contributed by atoms with van der Waals surface area (Å²) in [4.78, 5) is 11.7. The summed E-state index contributed by atoms with van der Waals surface area (Å²) >= 11 is 0. The molecule has 18 heavy (non-hydrogen) atoms. The molecule has 100 valence electrons. The van der Waals surface area contributed by atoms with E-state index in [4.69, 9.17) is 10.5 Å². The van der Waals surface area contributed by atoms with Crippen molar-refractivity contribution in [3.8, 4) is 0 Å². The van der Waals surface area contributed by atoms with Gasteiger partial charge in [-0.15, -0.1) is 0 Å². The number of rotatable bonds is 5. The van der Waals surface area contributed by atoms with E-state index in [1.54, 1.807) is 13.8 Å². The van der Waals surface area contributed by atoms with Crippen molar-refractivity contribution >= 4 is 11.6 Å². The monoisotopic (exact) mass is 250 g/mol. The fraction of sp³-hybridized carbons (Fsp3) is 0.500. The van der Waals surface area contributed by atoms with Crippen molar-refractivity contribution in [3.05, 3.63) is 29.8 Å². The van der Waals surface area contributed by atoms with Crippen LogP contribution >= 0.6 is 0 Å². The Balaban J connectivity index is 2.68. The first-order valence-electron chi connectivity index (χ1n) is 6.10. The van der Waals surface area contributed by atoms with E-state index in [0.29, 0.717) is 6.61 Å². The highest BCUT2D eigenvalue weighted by Gasteiger charge is 2.21. The Labute approximate surface area is 109 Å². The summed E-state index contributed by atoms with van der Waals surface area (Å²) in [6.45, 7) is 7.86. The van der Waals surface area contributed by atoms with Crippen LogP contribution < -0.4 is 11.1 Å². The second-order valence-electron chi connectivity index (χ2n) is 5.24. The van der Waals surface area contributed by atoms with E-state index in [1.165, 1.54) is 0 Å². The van der Waals surface area contributed by atoms with Crippen molar-refractivity contribution in [1.82, 2.24) is 0 Å². The second kappa shape index (κ2) is 5.98. The minimum absolute atomic E-state index is 0.186. The van der Waals surface area contributed by atoms with Gasteiger partial charge in [-0.2, -0.15) is 0 Å². The van der Waals surface area contributed by atoms with Gasteiger partial charge in [0.05, 0.1) is 18.2 Å². The average Bonchev–Trinajstić information content (AvgIpc) is 2.25. The normalized spacial score (nSPS) is 11.7. The zero-order valence-corrected chi connectivity index (χ0v) is 11.5. The zero-order chi connectivity index (χ0) is 13.8. The summed E-state index contributed by atoms with van der Waals surface area (Å²) in [5, 5.41) is 2.79. The van der Waals surface area contributed by atoms with Crippen LogP contribution in [0.4, 0.5) is 5.69 Å². The molecule has 1 amide bonds. The molecule has 0 radical (unpaired) electrons. The maximum Gasteiger partial charge on any atom is 0.243 e. The molecule has 1 aromatic rings. The van der Waals surface area contributed by atoms with Crippen molar-refractivity contribution in [2.45, 2.75) is 45.9 Å². The predicted octanol–water partition coefficient (Wildman–Crippen LogP) is 2.29. The van der Waals surface area contributed by atoms with Crippen LogP contribution in [0.5, 0.6) is 0 Å². The molecule has 0 bridgehead atoms. The molecular weight excluding hydrogens is 228 g/mol. The summed E-state index contributed by atoms with van der Waals surface area (Å²) in [7, 11) is 0. The third kappa shape index (κ3) is 4.85. The molecule has 0 saturated heterocycles.